The molecule has 0 amide bonds. The molecule has 88 valence electrons. The molecule has 1 aromatic rings. The van der Waals surface area contributed by atoms with Crippen LogP contribution in [0.15, 0.2) is 12.4 Å². The molecular formula is C12H20N4. The number of hydrogen-bond donors (Lipinski definition) is 2. The van der Waals surface area contributed by atoms with Crippen LogP contribution in [-0.4, -0.2) is 23.1 Å². The Bertz CT molecular complexity index is 340. The lowest BCUT2D eigenvalue weighted by Gasteiger charge is -2.29. The van der Waals surface area contributed by atoms with Crippen molar-refractivity contribution < 1.29 is 0 Å². The van der Waals surface area contributed by atoms with E-state index >= 15 is 0 Å². The van der Waals surface area contributed by atoms with Crippen LogP contribution in [0.25, 0.3) is 0 Å². The van der Waals surface area contributed by atoms with Crippen LogP contribution >= 0.6 is 0 Å². The summed E-state index contributed by atoms with van der Waals surface area (Å²) in [7, 11) is 1.87. The molecule has 1 aromatic heterocycles. The lowest BCUT2D eigenvalue weighted by atomic mass is 9.86. The highest BCUT2D eigenvalue weighted by atomic mass is 15.1. The third kappa shape index (κ3) is 2.62. The van der Waals surface area contributed by atoms with Crippen LogP contribution in [0, 0.1) is 5.92 Å². The second-order valence-electron chi connectivity index (χ2n) is 4.55. The molecule has 1 heterocycles. The SMILES string of the molecule is CNc1cc(N[C@H]2CCCC[C@H]2C)ncn1. The molecule has 1 fully saturated rings. The highest BCUT2D eigenvalue weighted by Gasteiger charge is 2.21. The lowest BCUT2D eigenvalue weighted by molar-refractivity contribution is 0.349. The van der Waals surface area contributed by atoms with E-state index in [0.717, 1.165) is 17.6 Å². The molecule has 0 saturated heterocycles. The van der Waals surface area contributed by atoms with E-state index in [0.29, 0.717) is 6.04 Å². The first-order valence-electron chi connectivity index (χ1n) is 6.06. The summed E-state index contributed by atoms with van der Waals surface area (Å²) in [5.74, 6) is 2.53. The van der Waals surface area contributed by atoms with Gasteiger partial charge in [0.1, 0.15) is 18.0 Å². The molecule has 2 rings (SSSR count). The van der Waals surface area contributed by atoms with E-state index < -0.39 is 0 Å². The molecule has 1 aliphatic rings. The third-order valence-electron chi connectivity index (χ3n) is 3.37. The summed E-state index contributed by atoms with van der Waals surface area (Å²) in [4.78, 5) is 8.36. The van der Waals surface area contributed by atoms with Crippen LogP contribution in [0.3, 0.4) is 0 Å². The smallest absolute Gasteiger partial charge is 0.131 e. The number of anilines is 2. The Balaban J connectivity index is 2.01. The first-order chi connectivity index (χ1) is 7.79. The van der Waals surface area contributed by atoms with Gasteiger partial charge < -0.3 is 10.6 Å². The Morgan fingerprint density at radius 3 is 2.69 bits per heavy atom. The van der Waals surface area contributed by atoms with E-state index in [-0.39, 0.29) is 0 Å². The van der Waals surface area contributed by atoms with E-state index in [1.807, 2.05) is 13.1 Å². The Morgan fingerprint density at radius 2 is 1.94 bits per heavy atom. The van der Waals surface area contributed by atoms with Crippen molar-refractivity contribution in [3.8, 4) is 0 Å². The quantitative estimate of drug-likeness (QED) is 0.821. The minimum atomic E-state index is 0.563. The predicted molar refractivity (Wildman–Crippen MR) is 66.6 cm³/mol. The van der Waals surface area contributed by atoms with Crippen molar-refractivity contribution in [2.75, 3.05) is 17.7 Å². The fraction of sp³-hybridized carbons (Fsp3) is 0.667. The minimum absolute atomic E-state index is 0.563. The number of nitrogens with zero attached hydrogens (tertiary/aromatic N) is 2. The van der Waals surface area contributed by atoms with E-state index in [4.69, 9.17) is 0 Å². The van der Waals surface area contributed by atoms with Gasteiger partial charge in [-0.1, -0.05) is 19.8 Å². The Kier molecular flexibility index (Phi) is 3.59. The predicted octanol–water partition coefficient (Wildman–Crippen LogP) is 2.51. The molecule has 1 aliphatic carbocycles. The van der Waals surface area contributed by atoms with Gasteiger partial charge in [0.25, 0.3) is 0 Å². The standard InChI is InChI=1S/C12H20N4/c1-9-5-3-4-6-10(9)16-12-7-11(13-2)14-8-15-12/h7-10H,3-6H2,1-2H3,(H2,13,14,15,16)/t9-,10+/m1/s1. The zero-order valence-corrected chi connectivity index (χ0v) is 10.0. The third-order valence-corrected chi connectivity index (χ3v) is 3.37. The average molecular weight is 220 g/mol. The molecule has 0 unspecified atom stereocenters. The van der Waals surface area contributed by atoms with Crippen molar-refractivity contribution in [1.29, 1.82) is 0 Å². The van der Waals surface area contributed by atoms with E-state index in [9.17, 15) is 0 Å². The summed E-state index contributed by atoms with van der Waals surface area (Å²) in [5, 5.41) is 6.54. The summed E-state index contributed by atoms with van der Waals surface area (Å²) in [6.07, 6.45) is 6.86. The highest BCUT2D eigenvalue weighted by molar-refractivity contribution is 5.46. The van der Waals surface area contributed by atoms with Gasteiger partial charge in [-0.3, -0.25) is 0 Å². The molecule has 0 bridgehead atoms. The fourth-order valence-corrected chi connectivity index (χ4v) is 2.29. The second kappa shape index (κ2) is 5.14. The van der Waals surface area contributed by atoms with Crippen molar-refractivity contribution in [2.24, 2.45) is 5.92 Å². The summed E-state index contributed by atoms with van der Waals surface area (Å²) < 4.78 is 0. The average Bonchev–Trinajstić information content (AvgIpc) is 2.32. The fourth-order valence-electron chi connectivity index (χ4n) is 2.29. The largest absolute Gasteiger partial charge is 0.373 e. The van der Waals surface area contributed by atoms with Gasteiger partial charge in [-0.2, -0.15) is 0 Å². The topological polar surface area (TPSA) is 49.8 Å². The molecule has 0 aliphatic heterocycles. The molecule has 4 nitrogen and oxygen atoms in total. The zero-order chi connectivity index (χ0) is 11.4. The van der Waals surface area contributed by atoms with Crippen molar-refractivity contribution in [3.63, 3.8) is 0 Å². The van der Waals surface area contributed by atoms with Crippen molar-refractivity contribution in [2.45, 2.75) is 38.6 Å². The minimum Gasteiger partial charge on any atom is -0.373 e. The second-order valence-corrected chi connectivity index (χ2v) is 4.55. The van der Waals surface area contributed by atoms with E-state index in [2.05, 4.69) is 27.5 Å². The summed E-state index contributed by atoms with van der Waals surface area (Å²) in [5.41, 5.74) is 0. The summed E-state index contributed by atoms with van der Waals surface area (Å²) in [6.45, 7) is 2.32. The first kappa shape index (κ1) is 11.2. The van der Waals surface area contributed by atoms with E-state index in [1.165, 1.54) is 25.7 Å². The molecule has 0 aromatic carbocycles. The molecule has 0 radical (unpaired) electrons. The van der Waals surface area contributed by atoms with Gasteiger partial charge in [0.15, 0.2) is 0 Å². The molecule has 0 spiro atoms. The number of aromatic nitrogens is 2. The Labute approximate surface area is 96.9 Å². The summed E-state index contributed by atoms with van der Waals surface area (Å²) in [6, 6.07) is 2.52. The van der Waals surface area contributed by atoms with Crippen LogP contribution in [-0.2, 0) is 0 Å². The van der Waals surface area contributed by atoms with Crippen molar-refractivity contribution in [1.82, 2.24) is 9.97 Å². The molecule has 2 atom stereocenters. The molecule has 2 N–H and O–H groups in total. The maximum absolute atomic E-state index is 4.25. The molecule has 1 saturated carbocycles. The van der Waals surface area contributed by atoms with Gasteiger partial charge in [-0.25, -0.2) is 9.97 Å². The molecule has 4 heteroatoms. The lowest BCUT2D eigenvalue weighted by Crippen LogP contribution is -2.30. The first-order valence-corrected chi connectivity index (χ1v) is 6.06. The normalized spacial score (nSPS) is 25.1. The summed E-state index contributed by atoms with van der Waals surface area (Å²) >= 11 is 0. The van der Waals surface area contributed by atoms with Gasteiger partial charge >= 0.3 is 0 Å². The van der Waals surface area contributed by atoms with Gasteiger partial charge in [0.05, 0.1) is 0 Å². The van der Waals surface area contributed by atoms with Gasteiger partial charge in [0.2, 0.25) is 0 Å². The maximum Gasteiger partial charge on any atom is 0.131 e. The number of rotatable bonds is 3. The highest BCUT2D eigenvalue weighted by Crippen LogP contribution is 2.26. The van der Waals surface area contributed by atoms with Crippen molar-refractivity contribution in [3.05, 3.63) is 12.4 Å². The Hall–Kier alpha value is -1.32. The van der Waals surface area contributed by atoms with Gasteiger partial charge in [-0.05, 0) is 18.8 Å². The van der Waals surface area contributed by atoms with Crippen LogP contribution in [0.1, 0.15) is 32.6 Å². The monoisotopic (exact) mass is 220 g/mol. The molecule has 16 heavy (non-hydrogen) atoms. The van der Waals surface area contributed by atoms with Gasteiger partial charge in [-0.15, -0.1) is 0 Å². The number of nitrogens with one attached hydrogen (secondary N) is 2. The van der Waals surface area contributed by atoms with Gasteiger partial charge in [0, 0.05) is 19.2 Å². The zero-order valence-electron chi connectivity index (χ0n) is 10.0. The molecular weight excluding hydrogens is 200 g/mol. The van der Waals surface area contributed by atoms with Crippen LogP contribution < -0.4 is 10.6 Å². The Morgan fingerprint density at radius 1 is 1.19 bits per heavy atom. The van der Waals surface area contributed by atoms with Crippen LogP contribution in [0.5, 0.6) is 0 Å². The number of hydrogen-bond acceptors (Lipinski definition) is 4. The van der Waals surface area contributed by atoms with Crippen LogP contribution in [0.2, 0.25) is 0 Å². The maximum atomic E-state index is 4.25. The van der Waals surface area contributed by atoms with Crippen LogP contribution in [0.4, 0.5) is 11.6 Å². The van der Waals surface area contributed by atoms with E-state index in [1.54, 1.807) is 6.33 Å². The van der Waals surface area contributed by atoms with Crippen molar-refractivity contribution >= 4 is 11.6 Å².